The largest absolute Gasteiger partial charge is 0.311 e. The third kappa shape index (κ3) is 10.1. The zero-order chi connectivity index (χ0) is 64.8. The molecule has 0 saturated heterocycles. The lowest BCUT2D eigenvalue weighted by molar-refractivity contribution is 0.590. The molecule has 15 aromatic rings. The minimum absolute atomic E-state index is 0.0428. The van der Waals surface area contributed by atoms with Crippen molar-refractivity contribution < 1.29 is 0 Å². The van der Waals surface area contributed by atoms with Gasteiger partial charge in [-0.2, -0.15) is 0 Å². The molecular weight excluding hydrogens is 1170 g/mol. The Kier molecular flexibility index (Phi) is 13.9. The van der Waals surface area contributed by atoms with Crippen LogP contribution in [-0.2, 0) is 10.8 Å². The molecule has 0 fully saturated rings. The van der Waals surface area contributed by atoms with Crippen molar-refractivity contribution in [2.24, 2.45) is 0 Å². The van der Waals surface area contributed by atoms with Crippen LogP contribution in [0.5, 0.6) is 0 Å². The van der Waals surface area contributed by atoms with E-state index in [-0.39, 0.29) is 17.5 Å². The van der Waals surface area contributed by atoms with Gasteiger partial charge in [0.1, 0.15) is 0 Å². The molecule has 17 rings (SSSR count). The highest BCUT2D eigenvalue weighted by molar-refractivity contribution is 7.00. The van der Waals surface area contributed by atoms with Gasteiger partial charge in [-0.15, -0.1) is 0 Å². The summed E-state index contributed by atoms with van der Waals surface area (Å²) in [6.07, 6.45) is 0. The molecule has 0 N–H and O–H groups in total. The molecule has 2 aliphatic rings. The Hall–Kier alpha value is -11.8. The van der Waals surface area contributed by atoms with Crippen molar-refractivity contribution in [2.45, 2.75) is 52.4 Å². The van der Waals surface area contributed by atoms with E-state index in [0.29, 0.717) is 23.3 Å². The third-order valence-electron chi connectivity index (χ3n) is 19.1. The van der Waals surface area contributed by atoms with Gasteiger partial charge in [0.25, 0.3) is 6.71 Å². The number of benzene rings is 12. The van der Waals surface area contributed by atoms with Crippen LogP contribution in [0.1, 0.15) is 52.7 Å². The topological polar surface area (TPSA) is 75.9 Å². The Bertz CT molecular complexity index is 5390. The number of aromatic nitrogens is 6. The van der Waals surface area contributed by atoms with Crippen LogP contribution >= 0.6 is 0 Å². The number of anilines is 6. The van der Waals surface area contributed by atoms with Crippen LogP contribution < -0.4 is 26.2 Å². The molecule has 9 heteroatoms. The standard InChI is InChI=1S/C87H67BN8/c1-86(2,3)63-45-48-74-67(53-63)68-54-64(87(4,5)6)46-49-75(68)96(74)76-47-44-62(83-89-72(56-26-11-7-12-27-56)55-73(90-83)57-28-13-8-14-29-57)52-69(76)85-92-82(58-30-15-9-16-31-58)91-84(93-85)61-34-23-32-59(50-61)60-33-24-37-66(51-60)95-78-41-22-20-39-71(78)88-70-38-19-21-40-77(70)94(65-35-17-10-18-36-65)79-42-25-43-80(95)81(79)88/h7-55H,1-6H3. The van der Waals surface area contributed by atoms with E-state index < -0.39 is 0 Å². The molecule has 96 heavy (non-hydrogen) atoms. The monoisotopic (exact) mass is 1230 g/mol. The van der Waals surface area contributed by atoms with Crippen molar-refractivity contribution in [1.82, 2.24) is 29.5 Å². The third-order valence-corrected chi connectivity index (χ3v) is 19.1. The van der Waals surface area contributed by atoms with Crippen LogP contribution in [0.25, 0.3) is 107 Å². The maximum atomic E-state index is 5.65. The second-order valence-corrected chi connectivity index (χ2v) is 27.3. The molecule has 8 nitrogen and oxygen atoms in total. The Morgan fingerprint density at radius 3 is 1.27 bits per heavy atom. The van der Waals surface area contributed by atoms with Gasteiger partial charge in [0.15, 0.2) is 23.3 Å². The summed E-state index contributed by atoms with van der Waals surface area (Å²) in [5.41, 5.74) is 25.3. The van der Waals surface area contributed by atoms with Gasteiger partial charge in [0.05, 0.1) is 28.1 Å². The average molecular weight is 1240 g/mol. The van der Waals surface area contributed by atoms with Crippen LogP contribution in [0.15, 0.2) is 297 Å². The van der Waals surface area contributed by atoms with Gasteiger partial charge in [0, 0.05) is 78.3 Å². The normalized spacial score (nSPS) is 12.6. The number of para-hydroxylation sites is 3. The van der Waals surface area contributed by atoms with E-state index in [2.05, 4.69) is 323 Å². The first kappa shape index (κ1) is 58.0. The van der Waals surface area contributed by atoms with E-state index in [0.717, 1.165) is 95.4 Å². The Labute approximate surface area is 560 Å². The number of hydrogen-bond donors (Lipinski definition) is 0. The highest BCUT2D eigenvalue weighted by Gasteiger charge is 2.43. The summed E-state index contributed by atoms with van der Waals surface area (Å²) in [6.45, 7) is 13.8. The molecule has 458 valence electrons. The van der Waals surface area contributed by atoms with Crippen molar-refractivity contribution in [3.63, 3.8) is 0 Å². The lowest BCUT2D eigenvalue weighted by Gasteiger charge is -2.44. The number of rotatable bonds is 10. The van der Waals surface area contributed by atoms with Crippen molar-refractivity contribution >= 4 is 79.0 Å². The first-order valence-electron chi connectivity index (χ1n) is 33.1. The fourth-order valence-corrected chi connectivity index (χ4v) is 14.3. The zero-order valence-corrected chi connectivity index (χ0v) is 54.4. The lowest BCUT2D eigenvalue weighted by Crippen LogP contribution is -2.61. The first-order valence-corrected chi connectivity index (χ1v) is 33.1. The van der Waals surface area contributed by atoms with Crippen molar-refractivity contribution in [3.05, 3.63) is 308 Å². The second-order valence-electron chi connectivity index (χ2n) is 27.3. The van der Waals surface area contributed by atoms with E-state index in [9.17, 15) is 0 Å². The number of hydrogen-bond acceptors (Lipinski definition) is 7. The predicted molar refractivity (Wildman–Crippen MR) is 399 cm³/mol. The molecule has 5 heterocycles. The van der Waals surface area contributed by atoms with Gasteiger partial charge in [-0.05, 0) is 153 Å². The van der Waals surface area contributed by atoms with Crippen LogP contribution in [-0.4, -0.2) is 36.2 Å². The fraction of sp³-hybridized carbons (Fsp3) is 0.0920. The summed E-state index contributed by atoms with van der Waals surface area (Å²) in [4.78, 5) is 32.2. The molecule has 0 bridgehead atoms. The van der Waals surface area contributed by atoms with Crippen LogP contribution in [0.2, 0.25) is 0 Å². The Balaban J connectivity index is 0.849. The van der Waals surface area contributed by atoms with Crippen LogP contribution in [0, 0.1) is 0 Å². The molecule has 12 aromatic carbocycles. The molecule has 0 unspecified atom stereocenters. The smallest absolute Gasteiger partial charge is 0.252 e. The summed E-state index contributed by atoms with van der Waals surface area (Å²) in [6, 6.07) is 107. The minimum atomic E-state index is -0.0787. The van der Waals surface area contributed by atoms with Gasteiger partial charge >= 0.3 is 0 Å². The maximum Gasteiger partial charge on any atom is 0.252 e. The highest BCUT2D eigenvalue weighted by atomic mass is 15.2. The Morgan fingerprint density at radius 1 is 0.281 bits per heavy atom. The van der Waals surface area contributed by atoms with Gasteiger partial charge < -0.3 is 14.4 Å². The highest BCUT2D eigenvalue weighted by Crippen LogP contribution is 2.46. The van der Waals surface area contributed by atoms with Gasteiger partial charge in [-0.25, -0.2) is 24.9 Å². The molecule has 0 atom stereocenters. The molecule has 0 amide bonds. The van der Waals surface area contributed by atoms with Crippen molar-refractivity contribution in [3.8, 4) is 84.9 Å². The summed E-state index contributed by atoms with van der Waals surface area (Å²) >= 11 is 0. The van der Waals surface area contributed by atoms with E-state index in [1.54, 1.807) is 0 Å². The number of nitrogens with zero attached hydrogens (tertiary/aromatic N) is 8. The molecule has 0 spiro atoms. The molecule has 0 aliphatic carbocycles. The molecule has 0 saturated carbocycles. The maximum absolute atomic E-state index is 5.65. The molecular formula is C87H67BN8. The quantitative estimate of drug-likeness (QED) is 0.126. The summed E-state index contributed by atoms with van der Waals surface area (Å²) < 4.78 is 2.41. The van der Waals surface area contributed by atoms with Gasteiger partial charge in [-0.3, -0.25) is 0 Å². The lowest BCUT2D eigenvalue weighted by atomic mass is 9.33. The second kappa shape index (κ2) is 23.0. The molecule has 3 aromatic heterocycles. The van der Waals surface area contributed by atoms with Gasteiger partial charge in [-0.1, -0.05) is 236 Å². The molecule has 0 radical (unpaired) electrons. The van der Waals surface area contributed by atoms with Crippen LogP contribution in [0.3, 0.4) is 0 Å². The summed E-state index contributed by atoms with van der Waals surface area (Å²) in [7, 11) is 0. The van der Waals surface area contributed by atoms with E-state index in [1.165, 1.54) is 49.7 Å². The van der Waals surface area contributed by atoms with E-state index in [4.69, 9.17) is 24.9 Å². The fourth-order valence-electron chi connectivity index (χ4n) is 14.3. The Morgan fingerprint density at radius 2 is 0.698 bits per heavy atom. The van der Waals surface area contributed by atoms with Crippen molar-refractivity contribution in [2.75, 3.05) is 9.80 Å². The molecule has 2 aliphatic heterocycles. The number of fused-ring (bicyclic) bond motifs is 7. The summed E-state index contributed by atoms with van der Waals surface area (Å²) in [5, 5.41) is 2.37. The van der Waals surface area contributed by atoms with Crippen molar-refractivity contribution in [1.29, 1.82) is 0 Å². The summed E-state index contributed by atoms with van der Waals surface area (Å²) in [5.74, 6) is 2.20. The van der Waals surface area contributed by atoms with E-state index in [1.807, 2.05) is 30.3 Å². The predicted octanol–water partition coefficient (Wildman–Crippen LogP) is 20.1. The van der Waals surface area contributed by atoms with Crippen LogP contribution in [0.4, 0.5) is 34.1 Å². The average Bonchev–Trinajstić information content (AvgIpc) is 0.793. The zero-order valence-electron chi connectivity index (χ0n) is 54.4. The SMILES string of the molecule is CC(C)(C)c1ccc2c(c1)c1cc(C(C)(C)C)ccc1n2-c1ccc(-c2nc(-c3ccccc3)cc(-c3ccccc3)n2)cc1-c1nc(-c2ccccc2)nc(-c2cccc(-c3cccc(N4c5ccccc5B5c6ccccc6N(c6ccccc6)c6cccc4c65)c3)c2)n1. The first-order chi connectivity index (χ1) is 46.9. The minimum Gasteiger partial charge on any atom is -0.311 e. The van der Waals surface area contributed by atoms with Gasteiger partial charge in [0.2, 0.25) is 0 Å². The van der Waals surface area contributed by atoms with E-state index >= 15 is 0 Å².